The maximum atomic E-state index is 11.2. The lowest BCUT2D eigenvalue weighted by molar-refractivity contribution is -0.121. The Hall–Kier alpha value is -1.35. The van der Waals surface area contributed by atoms with Crippen LogP contribution < -0.4 is 11.1 Å². The Morgan fingerprint density at radius 1 is 1.44 bits per heavy atom. The summed E-state index contributed by atoms with van der Waals surface area (Å²) in [4.78, 5) is 11.2. The van der Waals surface area contributed by atoms with Crippen LogP contribution >= 0.6 is 0 Å². The quantitative estimate of drug-likeness (QED) is 0.804. The SMILES string of the molecule is Cc1ccc(CCNC(=O)[C@@H](C)N)c(C)c1. The first-order valence-corrected chi connectivity index (χ1v) is 5.60. The molecule has 0 aromatic heterocycles. The van der Waals surface area contributed by atoms with E-state index in [1.807, 2.05) is 0 Å². The Labute approximate surface area is 97.0 Å². The van der Waals surface area contributed by atoms with E-state index in [1.165, 1.54) is 16.7 Å². The van der Waals surface area contributed by atoms with Crippen LogP contribution in [-0.2, 0) is 11.2 Å². The van der Waals surface area contributed by atoms with Crippen LogP contribution in [0.25, 0.3) is 0 Å². The Morgan fingerprint density at radius 2 is 2.12 bits per heavy atom. The van der Waals surface area contributed by atoms with Gasteiger partial charge in [0, 0.05) is 6.54 Å². The number of hydrogen-bond donors (Lipinski definition) is 2. The Bertz CT molecular complexity index is 372. The van der Waals surface area contributed by atoms with E-state index >= 15 is 0 Å². The van der Waals surface area contributed by atoms with Gasteiger partial charge in [0.1, 0.15) is 0 Å². The summed E-state index contributed by atoms with van der Waals surface area (Å²) >= 11 is 0. The van der Waals surface area contributed by atoms with E-state index in [4.69, 9.17) is 5.73 Å². The minimum Gasteiger partial charge on any atom is -0.354 e. The van der Waals surface area contributed by atoms with Crippen molar-refractivity contribution >= 4 is 5.91 Å². The number of rotatable bonds is 4. The third-order valence-corrected chi connectivity index (χ3v) is 2.61. The van der Waals surface area contributed by atoms with Crippen LogP contribution in [-0.4, -0.2) is 18.5 Å². The first-order chi connectivity index (χ1) is 7.50. The molecule has 0 unspecified atom stereocenters. The van der Waals surface area contributed by atoms with Crippen molar-refractivity contribution in [1.82, 2.24) is 5.32 Å². The van der Waals surface area contributed by atoms with Crippen LogP contribution in [0.2, 0.25) is 0 Å². The van der Waals surface area contributed by atoms with E-state index in [9.17, 15) is 4.79 Å². The van der Waals surface area contributed by atoms with Crippen LogP contribution in [0.15, 0.2) is 18.2 Å². The van der Waals surface area contributed by atoms with Crippen molar-refractivity contribution in [2.24, 2.45) is 5.73 Å². The molecule has 0 bridgehead atoms. The standard InChI is InChI=1S/C13H20N2O/c1-9-4-5-12(10(2)8-9)6-7-15-13(16)11(3)14/h4-5,8,11H,6-7,14H2,1-3H3,(H,15,16)/t11-/m1/s1. The molecule has 0 spiro atoms. The van der Waals surface area contributed by atoms with Crippen LogP contribution in [0.1, 0.15) is 23.6 Å². The fraction of sp³-hybridized carbons (Fsp3) is 0.462. The number of carbonyl (C=O) groups is 1. The van der Waals surface area contributed by atoms with Crippen molar-refractivity contribution in [2.75, 3.05) is 6.54 Å². The van der Waals surface area contributed by atoms with E-state index in [0.717, 1.165) is 6.42 Å². The van der Waals surface area contributed by atoms with Crippen molar-refractivity contribution in [3.05, 3.63) is 34.9 Å². The highest BCUT2D eigenvalue weighted by Gasteiger charge is 2.06. The molecule has 0 fully saturated rings. The highest BCUT2D eigenvalue weighted by Crippen LogP contribution is 2.10. The number of nitrogens with one attached hydrogen (secondary N) is 1. The molecule has 3 nitrogen and oxygen atoms in total. The summed E-state index contributed by atoms with van der Waals surface area (Å²) in [5.41, 5.74) is 9.26. The van der Waals surface area contributed by atoms with E-state index < -0.39 is 6.04 Å². The number of amides is 1. The van der Waals surface area contributed by atoms with Gasteiger partial charge in [0.2, 0.25) is 5.91 Å². The molecule has 0 aliphatic heterocycles. The summed E-state index contributed by atoms with van der Waals surface area (Å²) in [6.07, 6.45) is 0.852. The highest BCUT2D eigenvalue weighted by atomic mass is 16.2. The highest BCUT2D eigenvalue weighted by molar-refractivity contribution is 5.80. The Morgan fingerprint density at radius 3 is 2.69 bits per heavy atom. The van der Waals surface area contributed by atoms with E-state index in [0.29, 0.717) is 6.54 Å². The minimum absolute atomic E-state index is 0.0928. The third-order valence-electron chi connectivity index (χ3n) is 2.61. The van der Waals surface area contributed by atoms with Gasteiger partial charge in [-0.3, -0.25) is 4.79 Å². The number of nitrogens with two attached hydrogens (primary N) is 1. The molecule has 1 atom stereocenters. The molecule has 3 N–H and O–H groups in total. The average Bonchev–Trinajstić information content (AvgIpc) is 2.20. The normalized spacial score (nSPS) is 12.2. The first kappa shape index (κ1) is 12.7. The smallest absolute Gasteiger partial charge is 0.236 e. The second-order valence-electron chi connectivity index (χ2n) is 4.26. The summed E-state index contributed by atoms with van der Waals surface area (Å²) in [5, 5.41) is 2.81. The van der Waals surface area contributed by atoms with Gasteiger partial charge in [-0.2, -0.15) is 0 Å². The lowest BCUT2D eigenvalue weighted by Gasteiger charge is -2.09. The number of carbonyl (C=O) groups excluding carboxylic acids is 1. The van der Waals surface area contributed by atoms with Crippen LogP contribution in [0.5, 0.6) is 0 Å². The van der Waals surface area contributed by atoms with Gasteiger partial charge in [-0.05, 0) is 38.3 Å². The van der Waals surface area contributed by atoms with Crippen molar-refractivity contribution in [2.45, 2.75) is 33.2 Å². The van der Waals surface area contributed by atoms with Gasteiger partial charge in [0.15, 0.2) is 0 Å². The Kier molecular flexibility index (Phi) is 4.50. The van der Waals surface area contributed by atoms with Crippen molar-refractivity contribution in [3.63, 3.8) is 0 Å². The predicted octanol–water partition coefficient (Wildman–Crippen LogP) is 1.31. The summed E-state index contributed by atoms with van der Waals surface area (Å²) in [5.74, 6) is -0.0928. The first-order valence-electron chi connectivity index (χ1n) is 5.60. The van der Waals surface area contributed by atoms with Gasteiger partial charge in [0.05, 0.1) is 6.04 Å². The lowest BCUT2D eigenvalue weighted by Crippen LogP contribution is -2.39. The zero-order valence-corrected chi connectivity index (χ0v) is 10.2. The molecule has 0 radical (unpaired) electrons. The molecule has 1 amide bonds. The Balaban J connectivity index is 2.46. The third kappa shape index (κ3) is 3.66. The molecule has 0 saturated carbocycles. The number of benzene rings is 1. The van der Waals surface area contributed by atoms with Gasteiger partial charge in [0.25, 0.3) is 0 Å². The summed E-state index contributed by atoms with van der Waals surface area (Å²) in [6.45, 7) is 6.50. The van der Waals surface area contributed by atoms with Crippen LogP contribution in [0.4, 0.5) is 0 Å². The van der Waals surface area contributed by atoms with Gasteiger partial charge in [-0.15, -0.1) is 0 Å². The molecule has 1 rings (SSSR count). The molecule has 16 heavy (non-hydrogen) atoms. The molecule has 0 aliphatic carbocycles. The monoisotopic (exact) mass is 220 g/mol. The topological polar surface area (TPSA) is 55.1 Å². The fourth-order valence-corrected chi connectivity index (χ4v) is 1.61. The average molecular weight is 220 g/mol. The minimum atomic E-state index is -0.431. The van der Waals surface area contributed by atoms with Crippen molar-refractivity contribution < 1.29 is 4.79 Å². The van der Waals surface area contributed by atoms with Gasteiger partial charge < -0.3 is 11.1 Å². The zero-order valence-electron chi connectivity index (χ0n) is 10.2. The maximum Gasteiger partial charge on any atom is 0.236 e. The number of aryl methyl sites for hydroxylation is 2. The maximum absolute atomic E-state index is 11.2. The molecule has 0 heterocycles. The molecule has 1 aromatic carbocycles. The summed E-state index contributed by atoms with van der Waals surface area (Å²) in [7, 11) is 0. The molecule has 3 heteroatoms. The molecular formula is C13H20N2O. The van der Waals surface area contributed by atoms with Crippen molar-refractivity contribution in [3.8, 4) is 0 Å². The fourth-order valence-electron chi connectivity index (χ4n) is 1.61. The molecule has 0 aliphatic rings. The number of hydrogen-bond acceptors (Lipinski definition) is 2. The van der Waals surface area contributed by atoms with Crippen molar-refractivity contribution in [1.29, 1.82) is 0 Å². The van der Waals surface area contributed by atoms with Crippen LogP contribution in [0.3, 0.4) is 0 Å². The zero-order chi connectivity index (χ0) is 12.1. The van der Waals surface area contributed by atoms with Crippen LogP contribution in [0, 0.1) is 13.8 Å². The molecule has 88 valence electrons. The van der Waals surface area contributed by atoms with Gasteiger partial charge in [-0.1, -0.05) is 23.8 Å². The van der Waals surface area contributed by atoms with Gasteiger partial charge >= 0.3 is 0 Å². The van der Waals surface area contributed by atoms with E-state index in [-0.39, 0.29) is 5.91 Å². The molecule has 1 aromatic rings. The lowest BCUT2D eigenvalue weighted by atomic mass is 10.0. The molecule has 0 saturated heterocycles. The second kappa shape index (κ2) is 5.66. The second-order valence-corrected chi connectivity index (χ2v) is 4.26. The predicted molar refractivity (Wildman–Crippen MR) is 66.3 cm³/mol. The van der Waals surface area contributed by atoms with Gasteiger partial charge in [-0.25, -0.2) is 0 Å². The van der Waals surface area contributed by atoms with E-state index in [2.05, 4.69) is 37.4 Å². The summed E-state index contributed by atoms with van der Waals surface area (Å²) in [6, 6.07) is 5.93. The summed E-state index contributed by atoms with van der Waals surface area (Å²) < 4.78 is 0. The molecular weight excluding hydrogens is 200 g/mol. The van der Waals surface area contributed by atoms with E-state index in [1.54, 1.807) is 6.92 Å². The largest absolute Gasteiger partial charge is 0.354 e.